The van der Waals surface area contributed by atoms with Crippen molar-refractivity contribution < 1.29 is 17.9 Å². The van der Waals surface area contributed by atoms with Crippen molar-refractivity contribution in [2.24, 2.45) is 5.84 Å². The maximum atomic E-state index is 12.1. The lowest BCUT2D eigenvalue weighted by molar-refractivity contribution is -0.274. The summed E-state index contributed by atoms with van der Waals surface area (Å²) in [6.45, 7) is 0. The van der Waals surface area contributed by atoms with Gasteiger partial charge in [-0.3, -0.25) is 5.84 Å². The van der Waals surface area contributed by atoms with Crippen LogP contribution in [0.4, 0.5) is 13.2 Å². The van der Waals surface area contributed by atoms with Crippen molar-refractivity contribution in [1.29, 1.82) is 0 Å². The number of benzene rings is 1. The van der Waals surface area contributed by atoms with Gasteiger partial charge in [0, 0.05) is 0 Å². The average Bonchev–Trinajstić information content (AvgIpc) is 2.82. The molecule has 102 valence electrons. The van der Waals surface area contributed by atoms with E-state index in [0.29, 0.717) is 10.4 Å². The van der Waals surface area contributed by atoms with E-state index in [1.165, 1.54) is 24.4 Å². The van der Waals surface area contributed by atoms with Crippen LogP contribution in [0.15, 0.2) is 30.5 Å². The maximum absolute atomic E-state index is 12.1. The van der Waals surface area contributed by atoms with Crippen molar-refractivity contribution in [2.75, 3.05) is 0 Å². The van der Waals surface area contributed by atoms with E-state index in [4.69, 9.17) is 5.84 Å². The van der Waals surface area contributed by atoms with Crippen LogP contribution in [0.5, 0.6) is 5.75 Å². The van der Waals surface area contributed by atoms with E-state index in [9.17, 15) is 13.2 Å². The van der Waals surface area contributed by atoms with Gasteiger partial charge >= 0.3 is 6.36 Å². The minimum Gasteiger partial charge on any atom is -0.406 e. The first-order valence-electron chi connectivity index (χ1n) is 5.08. The van der Waals surface area contributed by atoms with E-state index >= 15 is 0 Å². The summed E-state index contributed by atoms with van der Waals surface area (Å²) in [5.74, 6) is 5.11. The third kappa shape index (κ3) is 3.63. The number of hydrogen-bond acceptors (Lipinski definition) is 6. The lowest BCUT2D eigenvalue weighted by atomic mass is 10.1. The minimum atomic E-state index is -4.73. The molecule has 3 N–H and O–H groups in total. The zero-order valence-corrected chi connectivity index (χ0v) is 10.2. The fourth-order valence-corrected chi connectivity index (χ4v) is 2.13. The smallest absolute Gasteiger partial charge is 0.406 e. The summed E-state index contributed by atoms with van der Waals surface area (Å²) in [4.78, 5) is 0.687. The number of hydrazine groups is 1. The van der Waals surface area contributed by atoms with Gasteiger partial charge in [-0.05, 0) is 29.2 Å². The van der Waals surface area contributed by atoms with Crippen molar-refractivity contribution in [3.05, 3.63) is 40.9 Å². The largest absolute Gasteiger partial charge is 0.573 e. The predicted octanol–water partition coefficient (Wildman–Crippen LogP) is 1.99. The lowest BCUT2D eigenvalue weighted by Crippen LogP contribution is -2.28. The maximum Gasteiger partial charge on any atom is 0.573 e. The lowest BCUT2D eigenvalue weighted by Gasteiger charge is -2.15. The van der Waals surface area contributed by atoms with Crippen LogP contribution < -0.4 is 16.0 Å². The molecule has 0 spiro atoms. The summed E-state index contributed by atoms with van der Waals surface area (Å²) < 4.78 is 44.0. The zero-order chi connectivity index (χ0) is 13.9. The second-order valence-electron chi connectivity index (χ2n) is 3.54. The number of rotatable bonds is 4. The Morgan fingerprint density at radius 3 is 2.74 bits per heavy atom. The molecule has 5 nitrogen and oxygen atoms in total. The van der Waals surface area contributed by atoms with E-state index in [2.05, 4.69) is 19.7 Å². The minimum absolute atomic E-state index is 0.303. The topological polar surface area (TPSA) is 73.1 Å². The average molecular weight is 290 g/mol. The number of nitrogens with zero attached hydrogens (tertiary/aromatic N) is 2. The highest BCUT2D eigenvalue weighted by molar-refractivity contribution is 7.05. The highest BCUT2D eigenvalue weighted by Gasteiger charge is 2.31. The molecule has 0 aliphatic carbocycles. The molecule has 1 heterocycles. The van der Waals surface area contributed by atoms with Gasteiger partial charge in [-0.15, -0.1) is 18.3 Å². The Morgan fingerprint density at radius 2 is 2.16 bits per heavy atom. The van der Waals surface area contributed by atoms with Gasteiger partial charge in [0.05, 0.1) is 17.1 Å². The molecule has 2 aromatic rings. The molecule has 2 rings (SSSR count). The molecule has 1 unspecified atom stereocenters. The van der Waals surface area contributed by atoms with E-state index in [1.54, 1.807) is 6.07 Å². The number of nitrogens with one attached hydrogen (secondary N) is 1. The molecule has 0 aliphatic heterocycles. The van der Waals surface area contributed by atoms with Crippen LogP contribution in [-0.2, 0) is 0 Å². The molecule has 1 aromatic carbocycles. The van der Waals surface area contributed by atoms with Crippen molar-refractivity contribution in [1.82, 2.24) is 15.0 Å². The van der Waals surface area contributed by atoms with Gasteiger partial charge < -0.3 is 4.74 Å². The third-order valence-corrected chi connectivity index (χ3v) is 2.98. The molecule has 0 amide bonds. The Labute approximate surface area is 110 Å². The molecule has 0 fully saturated rings. The zero-order valence-electron chi connectivity index (χ0n) is 9.39. The van der Waals surface area contributed by atoms with Crippen molar-refractivity contribution in [3.63, 3.8) is 0 Å². The van der Waals surface area contributed by atoms with Crippen molar-refractivity contribution >= 4 is 11.5 Å². The molecule has 1 atom stereocenters. The standard InChI is InChI=1S/C10H9F3N4OS/c11-10(12,13)18-7-3-1-2-6(4-7)9(16-14)8-5-15-17-19-8/h1-5,9,16H,14H2. The summed E-state index contributed by atoms with van der Waals surface area (Å²) in [5.41, 5.74) is 3.03. The first-order valence-corrected chi connectivity index (χ1v) is 5.86. The van der Waals surface area contributed by atoms with Crippen LogP contribution in [0.1, 0.15) is 16.5 Å². The van der Waals surface area contributed by atoms with Gasteiger partial charge in [-0.1, -0.05) is 16.6 Å². The Balaban J connectivity index is 2.27. The Bertz CT molecular complexity index is 532. The van der Waals surface area contributed by atoms with E-state index in [-0.39, 0.29) is 5.75 Å². The molecule has 1 aromatic heterocycles. The molecule has 0 bridgehead atoms. The van der Waals surface area contributed by atoms with Gasteiger partial charge in [0.25, 0.3) is 0 Å². The first-order chi connectivity index (χ1) is 8.99. The summed E-state index contributed by atoms with van der Waals surface area (Å²) in [7, 11) is 0. The van der Waals surface area contributed by atoms with E-state index in [0.717, 1.165) is 11.5 Å². The van der Waals surface area contributed by atoms with Gasteiger partial charge in [0.15, 0.2) is 0 Å². The van der Waals surface area contributed by atoms with Crippen LogP contribution >= 0.6 is 11.5 Å². The summed E-state index contributed by atoms with van der Waals surface area (Å²) >= 11 is 1.10. The molecule has 9 heteroatoms. The van der Waals surface area contributed by atoms with Gasteiger partial charge in [-0.2, -0.15) is 0 Å². The van der Waals surface area contributed by atoms with Crippen LogP contribution in [0, 0.1) is 0 Å². The molecular weight excluding hydrogens is 281 g/mol. The second-order valence-corrected chi connectivity index (χ2v) is 4.36. The van der Waals surface area contributed by atoms with Crippen LogP contribution in [0.2, 0.25) is 0 Å². The monoisotopic (exact) mass is 290 g/mol. The third-order valence-electron chi connectivity index (χ3n) is 2.25. The number of nitrogens with two attached hydrogens (primary N) is 1. The predicted molar refractivity (Wildman–Crippen MR) is 62.2 cm³/mol. The fraction of sp³-hybridized carbons (Fsp3) is 0.200. The Kier molecular flexibility index (Phi) is 3.98. The van der Waals surface area contributed by atoms with Crippen LogP contribution in [0.3, 0.4) is 0 Å². The molecule has 0 saturated carbocycles. The van der Waals surface area contributed by atoms with E-state index in [1.807, 2.05) is 0 Å². The summed E-state index contributed by atoms with van der Waals surface area (Å²) in [5, 5.41) is 3.66. The van der Waals surface area contributed by atoms with Crippen LogP contribution in [0.25, 0.3) is 0 Å². The Hall–Kier alpha value is -1.71. The molecule has 0 radical (unpaired) electrons. The van der Waals surface area contributed by atoms with Gasteiger partial charge in [-0.25, -0.2) is 5.43 Å². The number of aromatic nitrogens is 2. The van der Waals surface area contributed by atoms with Crippen LogP contribution in [-0.4, -0.2) is 15.9 Å². The SMILES string of the molecule is NNC(c1cccc(OC(F)(F)F)c1)c1cnns1. The molecule has 0 aliphatic rings. The van der Waals surface area contributed by atoms with Crippen molar-refractivity contribution in [2.45, 2.75) is 12.4 Å². The fourth-order valence-electron chi connectivity index (χ4n) is 1.54. The number of alkyl halides is 3. The highest BCUT2D eigenvalue weighted by Crippen LogP contribution is 2.28. The van der Waals surface area contributed by atoms with E-state index < -0.39 is 12.4 Å². The second kappa shape index (κ2) is 5.51. The summed E-state index contributed by atoms with van der Waals surface area (Å²) in [6.07, 6.45) is -3.23. The van der Waals surface area contributed by atoms with Gasteiger partial charge in [0.1, 0.15) is 5.75 Å². The molecular formula is C10H9F3N4OS. The quantitative estimate of drug-likeness (QED) is 0.665. The number of halogens is 3. The van der Waals surface area contributed by atoms with Crippen molar-refractivity contribution in [3.8, 4) is 5.75 Å². The summed E-state index contributed by atoms with van der Waals surface area (Å²) in [6, 6.07) is 5.08. The number of ether oxygens (including phenoxy) is 1. The molecule has 19 heavy (non-hydrogen) atoms. The molecule has 0 saturated heterocycles. The normalized spacial score (nSPS) is 13.3. The highest BCUT2D eigenvalue weighted by atomic mass is 32.1. The first kappa shape index (κ1) is 13.7. The number of hydrogen-bond donors (Lipinski definition) is 2. The Morgan fingerprint density at radius 1 is 1.37 bits per heavy atom. The van der Waals surface area contributed by atoms with Gasteiger partial charge in [0.2, 0.25) is 0 Å².